The van der Waals surface area contributed by atoms with Crippen molar-refractivity contribution in [2.75, 3.05) is 26.2 Å². The van der Waals surface area contributed by atoms with E-state index >= 15 is 0 Å². The summed E-state index contributed by atoms with van der Waals surface area (Å²) in [6.07, 6.45) is 3.06. The fraction of sp³-hybridized carbons (Fsp3) is 1.00. The first-order valence-corrected chi connectivity index (χ1v) is 4.89. The first-order valence-electron chi connectivity index (χ1n) is 4.89. The number of ether oxygens (including phenoxy) is 1. The molecule has 4 fully saturated rings. The van der Waals surface area contributed by atoms with Gasteiger partial charge in [0.15, 0.2) is 0 Å². The van der Waals surface area contributed by atoms with Gasteiger partial charge in [-0.15, -0.1) is 0 Å². The smallest absolute Gasteiger partial charge is 0.0825 e. The second-order valence-corrected chi connectivity index (χ2v) is 4.57. The maximum absolute atomic E-state index is 5.72. The van der Waals surface area contributed by atoms with Crippen LogP contribution in [0.5, 0.6) is 0 Å². The minimum atomic E-state index is 0.301. The molecule has 2 bridgehead atoms. The van der Waals surface area contributed by atoms with Gasteiger partial charge in [0.1, 0.15) is 0 Å². The predicted molar refractivity (Wildman–Crippen MR) is 45.8 cm³/mol. The Labute approximate surface area is 72.9 Å². The maximum atomic E-state index is 5.72. The lowest BCUT2D eigenvalue weighted by atomic mass is 9.73. The SMILES string of the molecule is NC[C@H]1CN2CC3CC2(CO1)C3. The molecule has 68 valence electrons. The first kappa shape index (κ1) is 7.30. The molecule has 1 atom stereocenters. The van der Waals surface area contributed by atoms with E-state index in [1.54, 1.807) is 0 Å². The number of hydrogen-bond acceptors (Lipinski definition) is 3. The number of hydrogen-bond donors (Lipinski definition) is 1. The van der Waals surface area contributed by atoms with Crippen LogP contribution in [0.15, 0.2) is 0 Å². The summed E-state index contributed by atoms with van der Waals surface area (Å²) in [7, 11) is 0. The van der Waals surface area contributed by atoms with Crippen LogP contribution < -0.4 is 5.73 Å². The summed E-state index contributed by atoms with van der Waals surface area (Å²) < 4.78 is 5.72. The van der Waals surface area contributed by atoms with Crippen molar-refractivity contribution in [1.29, 1.82) is 0 Å². The fourth-order valence-electron chi connectivity index (χ4n) is 3.10. The maximum Gasteiger partial charge on any atom is 0.0825 e. The average molecular weight is 168 g/mol. The molecule has 4 rings (SSSR count). The second-order valence-electron chi connectivity index (χ2n) is 4.57. The topological polar surface area (TPSA) is 38.5 Å². The summed E-state index contributed by atoms with van der Waals surface area (Å²) in [4.78, 5) is 2.61. The molecule has 0 radical (unpaired) electrons. The van der Waals surface area contributed by atoms with Crippen LogP contribution in [-0.2, 0) is 4.74 Å². The van der Waals surface area contributed by atoms with Gasteiger partial charge in [0, 0.05) is 25.2 Å². The second kappa shape index (κ2) is 2.22. The minimum absolute atomic E-state index is 0.301. The zero-order valence-electron chi connectivity index (χ0n) is 7.33. The molecule has 4 aliphatic rings. The first-order chi connectivity index (χ1) is 5.82. The monoisotopic (exact) mass is 168 g/mol. The molecule has 1 saturated carbocycles. The van der Waals surface area contributed by atoms with E-state index in [2.05, 4.69) is 4.90 Å². The van der Waals surface area contributed by atoms with Crippen LogP contribution in [0, 0.1) is 5.92 Å². The largest absolute Gasteiger partial charge is 0.374 e. The van der Waals surface area contributed by atoms with Crippen LogP contribution in [0.4, 0.5) is 0 Å². The molecular weight excluding hydrogens is 152 g/mol. The lowest BCUT2D eigenvalue weighted by Crippen LogP contribution is -2.58. The molecular formula is C9H16N2O. The van der Waals surface area contributed by atoms with Gasteiger partial charge in [0.25, 0.3) is 0 Å². The Morgan fingerprint density at radius 1 is 1.42 bits per heavy atom. The molecule has 1 aliphatic carbocycles. The highest BCUT2D eigenvalue weighted by Crippen LogP contribution is 2.51. The van der Waals surface area contributed by atoms with E-state index < -0.39 is 0 Å². The third-order valence-corrected chi connectivity index (χ3v) is 3.76. The fourth-order valence-corrected chi connectivity index (χ4v) is 3.10. The summed E-state index contributed by atoms with van der Waals surface area (Å²) >= 11 is 0. The van der Waals surface area contributed by atoms with Crippen LogP contribution in [0.2, 0.25) is 0 Å². The molecule has 12 heavy (non-hydrogen) atoms. The van der Waals surface area contributed by atoms with Gasteiger partial charge in [-0.3, -0.25) is 4.90 Å². The summed E-state index contributed by atoms with van der Waals surface area (Å²) in [6.45, 7) is 4.00. The van der Waals surface area contributed by atoms with Gasteiger partial charge in [0.05, 0.1) is 12.7 Å². The highest BCUT2D eigenvalue weighted by molar-refractivity contribution is 5.12. The normalized spacial score (nSPS) is 51.8. The van der Waals surface area contributed by atoms with Gasteiger partial charge < -0.3 is 10.5 Å². The van der Waals surface area contributed by atoms with E-state index in [0.29, 0.717) is 18.2 Å². The summed E-state index contributed by atoms with van der Waals surface area (Å²) in [5.41, 5.74) is 6.06. The quantitative estimate of drug-likeness (QED) is 0.589. The standard InChI is InChI=1S/C9H16N2O/c10-3-8-5-11-4-7-1-9(11,2-7)6-12-8/h7-8H,1-6,10H2/t7?,8-,9?/m0/s1. The molecule has 0 unspecified atom stereocenters. The lowest BCUT2D eigenvalue weighted by Gasteiger charge is -2.47. The van der Waals surface area contributed by atoms with Gasteiger partial charge in [0.2, 0.25) is 0 Å². The van der Waals surface area contributed by atoms with E-state index in [0.717, 1.165) is 19.1 Å². The molecule has 0 aromatic heterocycles. The van der Waals surface area contributed by atoms with Crippen LogP contribution in [-0.4, -0.2) is 42.8 Å². The molecule has 0 aromatic rings. The zero-order valence-corrected chi connectivity index (χ0v) is 7.33. The average Bonchev–Trinajstić information content (AvgIpc) is 2.55. The number of nitrogens with two attached hydrogens (primary N) is 1. The van der Waals surface area contributed by atoms with Crippen LogP contribution in [0.3, 0.4) is 0 Å². The third kappa shape index (κ3) is 0.767. The number of nitrogens with zero attached hydrogens (tertiary/aromatic N) is 1. The van der Waals surface area contributed by atoms with E-state index in [-0.39, 0.29) is 0 Å². The van der Waals surface area contributed by atoms with Crippen molar-refractivity contribution in [2.24, 2.45) is 11.7 Å². The highest BCUT2D eigenvalue weighted by Gasteiger charge is 2.57. The van der Waals surface area contributed by atoms with Crippen molar-refractivity contribution in [2.45, 2.75) is 24.5 Å². The van der Waals surface area contributed by atoms with Gasteiger partial charge in [-0.1, -0.05) is 0 Å². The zero-order chi connectivity index (χ0) is 8.18. The highest BCUT2D eigenvalue weighted by atomic mass is 16.5. The Kier molecular flexibility index (Phi) is 1.35. The predicted octanol–water partition coefficient (Wildman–Crippen LogP) is -0.192. The molecule has 3 heterocycles. The van der Waals surface area contributed by atoms with E-state index in [1.807, 2.05) is 0 Å². The van der Waals surface area contributed by atoms with Crippen molar-refractivity contribution in [1.82, 2.24) is 4.90 Å². The van der Waals surface area contributed by atoms with Crippen LogP contribution in [0.1, 0.15) is 12.8 Å². The minimum Gasteiger partial charge on any atom is -0.374 e. The molecule has 3 heteroatoms. The molecule has 3 saturated heterocycles. The van der Waals surface area contributed by atoms with Crippen molar-refractivity contribution in [3.8, 4) is 0 Å². The van der Waals surface area contributed by atoms with Crippen LogP contribution >= 0.6 is 0 Å². The van der Waals surface area contributed by atoms with Crippen molar-refractivity contribution < 1.29 is 4.74 Å². The van der Waals surface area contributed by atoms with Crippen LogP contribution in [0.25, 0.3) is 0 Å². The number of rotatable bonds is 1. The Balaban J connectivity index is 1.76. The molecule has 1 spiro atoms. The molecule has 3 nitrogen and oxygen atoms in total. The summed E-state index contributed by atoms with van der Waals surface area (Å²) in [5, 5.41) is 0. The number of morpholine rings is 1. The summed E-state index contributed by atoms with van der Waals surface area (Å²) in [5.74, 6) is 0.977. The lowest BCUT2D eigenvalue weighted by molar-refractivity contribution is -0.0993. The van der Waals surface area contributed by atoms with Gasteiger partial charge in [-0.05, 0) is 18.8 Å². The molecule has 0 aromatic carbocycles. The van der Waals surface area contributed by atoms with Crippen molar-refractivity contribution in [3.05, 3.63) is 0 Å². The molecule has 3 aliphatic heterocycles. The van der Waals surface area contributed by atoms with E-state index in [9.17, 15) is 0 Å². The third-order valence-electron chi connectivity index (χ3n) is 3.76. The molecule has 0 amide bonds. The Morgan fingerprint density at radius 2 is 2.25 bits per heavy atom. The Bertz CT molecular complexity index is 201. The Morgan fingerprint density at radius 3 is 3.00 bits per heavy atom. The van der Waals surface area contributed by atoms with Gasteiger partial charge in [-0.2, -0.15) is 0 Å². The van der Waals surface area contributed by atoms with Crippen molar-refractivity contribution >= 4 is 0 Å². The molecule has 2 N–H and O–H groups in total. The summed E-state index contributed by atoms with van der Waals surface area (Å²) in [6, 6.07) is 0. The van der Waals surface area contributed by atoms with E-state index in [4.69, 9.17) is 10.5 Å². The van der Waals surface area contributed by atoms with Gasteiger partial charge >= 0.3 is 0 Å². The van der Waals surface area contributed by atoms with E-state index in [1.165, 1.54) is 19.4 Å². The Hall–Kier alpha value is -0.120. The van der Waals surface area contributed by atoms with Crippen molar-refractivity contribution in [3.63, 3.8) is 0 Å². The van der Waals surface area contributed by atoms with Gasteiger partial charge in [-0.25, -0.2) is 0 Å².